The maximum atomic E-state index is 10.4. The topological polar surface area (TPSA) is 71.1 Å². The molecule has 0 atom stereocenters. The predicted molar refractivity (Wildman–Crippen MR) is 166 cm³/mol. The van der Waals surface area contributed by atoms with Gasteiger partial charge in [0.25, 0.3) is 12.3 Å². The van der Waals surface area contributed by atoms with Crippen molar-refractivity contribution in [3.63, 3.8) is 0 Å². The lowest BCUT2D eigenvalue weighted by Gasteiger charge is -2.06. The second kappa shape index (κ2) is 37.2. The summed E-state index contributed by atoms with van der Waals surface area (Å²) in [5.74, 6) is -0.808. The van der Waals surface area contributed by atoms with Gasteiger partial charge in [0.05, 0.1) is 13.2 Å². The van der Waals surface area contributed by atoms with Crippen molar-refractivity contribution in [2.45, 2.75) is 169 Å². The summed E-state index contributed by atoms with van der Waals surface area (Å²) in [5.41, 5.74) is 0. The van der Waals surface area contributed by atoms with Gasteiger partial charge in [-0.1, -0.05) is 143 Å². The minimum absolute atomic E-state index is 0.274. The molecule has 0 N–H and O–H groups in total. The number of unbranched alkanes of at least 4 members (excludes halogenated alkanes) is 18. The summed E-state index contributed by atoms with van der Waals surface area (Å²) in [5, 5.41) is 0. The smallest absolute Gasteiger partial charge is 0.320 e. The second-order valence-corrected chi connectivity index (χ2v) is 10.7. The maximum absolute atomic E-state index is 10.4. The molecule has 0 radical (unpaired) electrons. The van der Waals surface area contributed by atoms with Crippen LogP contribution in [0.2, 0.25) is 0 Å². The molecule has 7 heteroatoms. The predicted octanol–water partition coefficient (Wildman–Crippen LogP) is 10.3. The Morgan fingerprint density at radius 2 is 0.692 bits per heavy atom. The van der Waals surface area contributed by atoms with E-state index in [-0.39, 0.29) is 12.8 Å². The number of carbonyl (C=O) groups excluding carboxylic acids is 2. The molecule has 0 aromatic carbocycles. The van der Waals surface area contributed by atoms with E-state index in [1.807, 2.05) is 0 Å². The van der Waals surface area contributed by atoms with Crippen molar-refractivity contribution in [2.75, 3.05) is 26.4 Å². The summed E-state index contributed by atoms with van der Waals surface area (Å²) in [6.07, 6.45) is 28.2. The summed E-state index contributed by atoms with van der Waals surface area (Å²) in [6, 6.07) is 0. The fraction of sp³-hybridized carbons (Fsp3) is 0.938. The average molecular weight is 577 g/mol. The molecule has 0 aromatic rings. The van der Waals surface area contributed by atoms with Crippen LogP contribution < -0.4 is 0 Å². The highest BCUT2D eigenvalue weighted by molar-refractivity contribution is 7.90. The highest BCUT2D eigenvalue weighted by Gasteiger charge is 2.03. The Balaban J connectivity index is 0. The lowest BCUT2D eigenvalue weighted by Crippen LogP contribution is -2.06. The third-order valence-corrected chi connectivity index (χ3v) is 7.00. The van der Waals surface area contributed by atoms with Crippen LogP contribution in [0, 0.1) is 0 Å². The molecule has 6 nitrogen and oxygen atoms in total. The highest BCUT2D eigenvalue weighted by atomic mass is 32.2. The van der Waals surface area contributed by atoms with E-state index in [4.69, 9.17) is 9.47 Å². The Morgan fingerprint density at radius 3 is 0.974 bits per heavy atom. The molecule has 0 unspecified atom stereocenters. The van der Waals surface area contributed by atoms with Gasteiger partial charge in [-0.3, -0.25) is 9.59 Å². The van der Waals surface area contributed by atoms with E-state index >= 15 is 0 Å². The fourth-order valence-electron chi connectivity index (χ4n) is 3.92. The SMILES string of the molecule is CCC(=O)OSOC(=O)CC.CCCCCCCCCCCCOCCOCCCCCCCCCCCC. The molecule has 234 valence electrons. The van der Waals surface area contributed by atoms with Gasteiger partial charge in [-0.2, -0.15) is 0 Å². The Bertz CT molecular complexity index is 447. The van der Waals surface area contributed by atoms with E-state index in [2.05, 4.69) is 22.2 Å². The molecule has 0 saturated heterocycles. The standard InChI is InChI=1S/C26H54O2.C6H10O4S/c1-3-5-7-9-11-13-15-17-19-21-23-27-25-26-28-24-22-20-18-16-14-12-10-8-6-4-2;1-3-5(7)9-11-10-6(8)4-2/h3-26H2,1-2H3;3-4H2,1-2H3. The first-order valence-electron chi connectivity index (χ1n) is 16.3. The highest BCUT2D eigenvalue weighted by Crippen LogP contribution is 2.12. The molecular formula is C32H64O6S. The molecule has 0 saturated carbocycles. The van der Waals surface area contributed by atoms with Crippen molar-refractivity contribution in [1.82, 2.24) is 0 Å². The molecule has 0 aliphatic carbocycles. The van der Waals surface area contributed by atoms with Crippen LogP contribution in [-0.2, 0) is 27.4 Å². The van der Waals surface area contributed by atoms with E-state index < -0.39 is 11.9 Å². The lowest BCUT2D eigenvalue weighted by molar-refractivity contribution is -0.135. The van der Waals surface area contributed by atoms with E-state index in [1.54, 1.807) is 13.8 Å². The molecule has 0 fully saturated rings. The third-order valence-electron chi connectivity index (χ3n) is 6.49. The zero-order valence-electron chi connectivity index (χ0n) is 26.2. The summed E-state index contributed by atoms with van der Waals surface area (Å²) in [7, 11) is 0. The first-order valence-corrected chi connectivity index (χ1v) is 17.0. The molecule has 0 amide bonds. The maximum Gasteiger partial charge on any atom is 0.320 e. The average Bonchev–Trinajstić information content (AvgIpc) is 2.95. The molecule has 0 aliphatic rings. The van der Waals surface area contributed by atoms with Crippen LogP contribution in [0.1, 0.15) is 169 Å². The largest absolute Gasteiger partial charge is 0.379 e. The lowest BCUT2D eigenvalue weighted by atomic mass is 10.1. The monoisotopic (exact) mass is 576 g/mol. The molecule has 0 heterocycles. The van der Waals surface area contributed by atoms with Crippen molar-refractivity contribution in [3.8, 4) is 0 Å². The Hall–Kier alpha value is -0.790. The van der Waals surface area contributed by atoms with Crippen LogP contribution in [-0.4, -0.2) is 38.4 Å². The second-order valence-electron chi connectivity index (χ2n) is 10.3. The third kappa shape index (κ3) is 39.4. The van der Waals surface area contributed by atoms with Gasteiger partial charge in [0.15, 0.2) is 0 Å². The van der Waals surface area contributed by atoms with Crippen LogP contribution in [0.3, 0.4) is 0 Å². The van der Waals surface area contributed by atoms with Crippen molar-refractivity contribution in [3.05, 3.63) is 0 Å². The van der Waals surface area contributed by atoms with Crippen LogP contribution >= 0.6 is 12.3 Å². The molecule has 0 rings (SSSR count). The van der Waals surface area contributed by atoms with Crippen LogP contribution in [0.25, 0.3) is 0 Å². The Kier molecular flexibility index (Phi) is 38.5. The molecule has 0 spiro atoms. The van der Waals surface area contributed by atoms with Crippen molar-refractivity contribution >= 4 is 24.3 Å². The number of rotatable bonds is 29. The summed E-state index contributed by atoms with van der Waals surface area (Å²) < 4.78 is 20.2. The van der Waals surface area contributed by atoms with Gasteiger partial charge < -0.3 is 17.8 Å². The fourth-order valence-corrected chi connectivity index (χ4v) is 4.34. The van der Waals surface area contributed by atoms with E-state index in [1.165, 1.54) is 128 Å². The van der Waals surface area contributed by atoms with E-state index in [9.17, 15) is 9.59 Å². The van der Waals surface area contributed by atoms with Crippen LogP contribution in [0.5, 0.6) is 0 Å². The van der Waals surface area contributed by atoms with Gasteiger partial charge >= 0.3 is 11.9 Å². The molecule has 0 bridgehead atoms. The number of hydrogen-bond donors (Lipinski definition) is 0. The molecular weight excluding hydrogens is 512 g/mol. The van der Waals surface area contributed by atoms with Gasteiger partial charge in [-0.05, 0) is 12.8 Å². The van der Waals surface area contributed by atoms with Gasteiger partial charge in [0, 0.05) is 26.1 Å². The summed E-state index contributed by atoms with van der Waals surface area (Å²) in [6.45, 7) is 11.3. The van der Waals surface area contributed by atoms with Gasteiger partial charge in [-0.25, -0.2) is 0 Å². The van der Waals surface area contributed by atoms with E-state index in [0.717, 1.165) is 26.4 Å². The minimum Gasteiger partial charge on any atom is -0.379 e. The summed E-state index contributed by atoms with van der Waals surface area (Å²) >= 11 is 0.420. The summed E-state index contributed by atoms with van der Waals surface area (Å²) in [4.78, 5) is 20.9. The first-order chi connectivity index (χ1) is 19.1. The first kappa shape index (κ1) is 40.3. The van der Waals surface area contributed by atoms with Gasteiger partial charge in [0.1, 0.15) is 0 Å². The molecule has 0 aliphatic heterocycles. The number of carbonyl (C=O) groups is 2. The molecule has 0 aromatic heterocycles. The van der Waals surface area contributed by atoms with Crippen molar-refractivity contribution in [2.24, 2.45) is 0 Å². The number of hydrogen-bond acceptors (Lipinski definition) is 7. The van der Waals surface area contributed by atoms with Crippen molar-refractivity contribution in [1.29, 1.82) is 0 Å². The van der Waals surface area contributed by atoms with Crippen molar-refractivity contribution < 1.29 is 27.4 Å². The number of ether oxygens (including phenoxy) is 2. The van der Waals surface area contributed by atoms with Crippen LogP contribution in [0.15, 0.2) is 0 Å². The van der Waals surface area contributed by atoms with Gasteiger partial charge in [-0.15, -0.1) is 0 Å². The Morgan fingerprint density at radius 1 is 0.410 bits per heavy atom. The van der Waals surface area contributed by atoms with Crippen LogP contribution in [0.4, 0.5) is 0 Å². The Labute approximate surface area is 246 Å². The minimum atomic E-state index is -0.404. The normalized spacial score (nSPS) is 10.7. The molecule has 39 heavy (non-hydrogen) atoms. The zero-order chi connectivity index (χ0) is 29.1. The van der Waals surface area contributed by atoms with E-state index in [0.29, 0.717) is 12.3 Å². The quantitative estimate of drug-likeness (QED) is 0.0648. The van der Waals surface area contributed by atoms with Gasteiger partial charge in [0.2, 0.25) is 0 Å². The zero-order valence-corrected chi connectivity index (χ0v) is 27.1.